The van der Waals surface area contributed by atoms with Crippen LogP contribution in [0.25, 0.3) is 10.9 Å². The van der Waals surface area contributed by atoms with E-state index in [2.05, 4.69) is 22.4 Å². The van der Waals surface area contributed by atoms with Crippen LogP contribution in [-0.2, 0) is 17.6 Å². The summed E-state index contributed by atoms with van der Waals surface area (Å²) in [4.78, 5) is 15.2. The maximum Gasteiger partial charge on any atom is 0.220 e. The topological polar surface area (TPSA) is 44.9 Å². The Morgan fingerprint density at radius 2 is 1.83 bits per heavy atom. The Labute approximate surface area is 147 Å². The van der Waals surface area contributed by atoms with Gasteiger partial charge in [0, 0.05) is 35.1 Å². The molecule has 1 amide bonds. The lowest BCUT2D eigenvalue weighted by Crippen LogP contribution is -2.25. The van der Waals surface area contributed by atoms with Crippen molar-refractivity contribution in [3.8, 4) is 0 Å². The number of benzene rings is 2. The Morgan fingerprint density at radius 1 is 1.04 bits per heavy atom. The van der Waals surface area contributed by atoms with Gasteiger partial charge in [0.05, 0.1) is 0 Å². The van der Waals surface area contributed by atoms with Gasteiger partial charge in [-0.05, 0) is 48.6 Å². The van der Waals surface area contributed by atoms with Crippen molar-refractivity contribution in [1.29, 1.82) is 0 Å². The molecule has 3 aromatic rings. The number of para-hydroxylation sites is 1. The van der Waals surface area contributed by atoms with Gasteiger partial charge >= 0.3 is 0 Å². The van der Waals surface area contributed by atoms with Gasteiger partial charge in [0.15, 0.2) is 0 Å². The Kier molecular flexibility index (Phi) is 5.55. The van der Waals surface area contributed by atoms with Gasteiger partial charge in [-0.3, -0.25) is 4.79 Å². The van der Waals surface area contributed by atoms with Crippen LogP contribution in [0.5, 0.6) is 0 Å². The molecule has 24 heavy (non-hydrogen) atoms. The number of rotatable bonds is 7. The fourth-order valence-corrected chi connectivity index (χ4v) is 2.99. The second kappa shape index (κ2) is 8.02. The van der Waals surface area contributed by atoms with E-state index in [0.717, 1.165) is 29.8 Å². The lowest BCUT2D eigenvalue weighted by atomic mass is 10.1. The SMILES string of the molecule is O=C(CCCc1ccc(Cl)cc1)NCCc1c[nH]c2ccccc12. The largest absolute Gasteiger partial charge is 0.361 e. The molecule has 0 fully saturated rings. The zero-order valence-corrected chi connectivity index (χ0v) is 14.3. The zero-order valence-electron chi connectivity index (χ0n) is 13.5. The van der Waals surface area contributed by atoms with Crippen LogP contribution in [0, 0.1) is 0 Å². The third-order valence-electron chi connectivity index (χ3n) is 4.17. The molecule has 0 aliphatic rings. The summed E-state index contributed by atoms with van der Waals surface area (Å²) in [6, 6.07) is 16.0. The second-order valence-electron chi connectivity index (χ2n) is 5.94. The molecule has 0 saturated heterocycles. The number of hydrogen-bond acceptors (Lipinski definition) is 1. The highest BCUT2D eigenvalue weighted by Gasteiger charge is 2.05. The highest BCUT2D eigenvalue weighted by atomic mass is 35.5. The number of fused-ring (bicyclic) bond motifs is 1. The smallest absolute Gasteiger partial charge is 0.220 e. The fourth-order valence-electron chi connectivity index (χ4n) is 2.87. The lowest BCUT2D eigenvalue weighted by molar-refractivity contribution is -0.121. The molecular formula is C20H21ClN2O. The Balaban J connectivity index is 1.39. The minimum Gasteiger partial charge on any atom is -0.361 e. The van der Waals surface area contributed by atoms with Gasteiger partial charge in [0.1, 0.15) is 0 Å². The maximum absolute atomic E-state index is 11.9. The third-order valence-corrected chi connectivity index (χ3v) is 4.43. The van der Waals surface area contributed by atoms with Gasteiger partial charge in [-0.1, -0.05) is 41.9 Å². The summed E-state index contributed by atoms with van der Waals surface area (Å²) in [5.74, 6) is 0.115. The van der Waals surface area contributed by atoms with E-state index in [-0.39, 0.29) is 5.91 Å². The van der Waals surface area contributed by atoms with E-state index in [0.29, 0.717) is 13.0 Å². The summed E-state index contributed by atoms with van der Waals surface area (Å²) in [6.45, 7) is 0.668. The number of aromatic amines is 1. The van der Waals surface area contributed by atoms with Crippen molar-refractivity contribution in [3.05, 3.63) is 70.9 Å². The first-order valence-electron chi connectivity index (χ1n) is 8.28. The highest BCUT2D eigenvalue weighted by Crippen LogP contribution is 2.17. The Morgan fingerprint density at radius 3 is 2.67 bits per heavy atom. The number of carbonyl (C=O) groups excluding carboxylic acids is 1. The molecule has 0 saturated carbocycles. The van der Waals surface area contributed by atoms with E-state index < -0.39 is 0 Å². The monoisotopic (exact) mass is 340 g/mol. The van der Waals surface area contributed by atoms with E-state index in [9.17, 15) is 4.79 Å². The summed E-state index contributed by atoms with van der Waals surface area (Å²) in [5.41, 5.74) is 3.60. The number of amides is 1. The molecule has 4 heteroatoms. The first kappa shape index (κ1) is 16.6. The minimum atomic E-state index is 0.115. The van der Waals surface area contributed by atoms with E-state index in [1.165, 1.54) is 16.5 Å². The molecule has 0 aliphatic heterocycles. The van der Waals surface area contributed by atoms with Gasteiger partial charge in [-0.2, -0.15) is 0 Å². The molecule has 2 N–H and O–H groups in total. The van der Waals surface area contributed by atoms with E-state index in [1.807, 2.05) is 42.6 Å². The first-order chi connectivity index (χ1) is 11.7. The molecule has 1 heterocycles. The molecule has 2 aromatic carbocycles. The summed E-state index contributed by atoms with van der Waals surface area (Å²) < 4.78 is 0. The normalized spacial score (nSPS) is 10.9. The first-order valence-corrected chi connectivity index (χ1v) is 8.66. The van der Waals surface area contributed by atoms with Gasteiger partial charge in [-0.25, -0.2) is 0 Å². The molecule has 0 bridgehead atoms. The van der Waals surface area contributed by atoms with Crippen LogP contribution in [0.4, 0.5) is 0 Å². The average Bonchev–Trinajstić information content (AvgIpc) is 3.00. The molecule has 3 rings (SSSR count). The number of aromatic nitrogens is 1. The average molecular weight is 341 g/mol. The molecule has 0 aliphatic carbocycles. The lowest BCUT2D eigenvalue weighted by Gasteiger charge is -2.05. The summed E-state index contributed by atoms with van der Waals surface area (Å²) in [7, 11) is 0. The van der Waals surface area contributed by atoms with E-state index in [4.69, 9.17) is 11.6 Å². The van der Waals surface area contributed by atoms with Crippen molar-refractivity contribution in [3.63, 3.8) is 0 Å². The molecule has 3 nitrogen and oxygen atoms in total. The molecule has 0 spiro atoms. The zero-order chi connectivity index (χ0) is 16.8. The van der Waals surface area contributed by atoms with Gasteiger partial charge in [0.25, 0.3) is 0 Å². The molecule has 0 radical (unpaired) electrons. The van der Waals surface area contributed by atoms with Crippen molar-refractivity contribution < 1.29 is 4.79 Å². The van der Waals surface area contributed by atoms with E-state index >= 15 is 0 Å². The fraction of sp³-hybridized carbons (Fsp3) is 0.250. The van der Waals surface area contributed by atoms with Crippen molar-refractivity contribution in [2.45, 2.75) is 25.7 Å². The molecule has 0 atom stereocenters. The van der Waals surface area contributed by atoms with Crippen molar-refractivity contribution >= 4 is 28.4 Å². The third kappa shape index (κ3) is 4.39. The van der Waals surface area contributed by atoms with Crippen LogP contribution in [0.1, 0.15) is 24.0 Å². The summed E-state index contributed by atoms with van der Waals surface area (Å²) in [5, 5.41) is 4.98. The van der Waals surface area contributed by atoms with E-state index in [1.54, 1.807) is 0 Å². The predicted molar refractivity (Wildman–Crippen MR) is 99.4 cm³/mol. The van der Waals surface area contributed by atoms with Crippen LogP contribution < -0.4 is 5.32 Å². The van der Waals surface area contributed by atoms with Crippen molar-refractivity contribution in [1.82, 2.24) is 10.3 Å². The number of carbonyl (C=O) groups is 1. The Bertz CT molecular complexity index is 808. The van der Waals surface area contributed by atoms with Crippen LogP contribution >= 0.6 is 11.6 Å². The number of nitrogens with one attached hydrogen (secondary N) is 2. The summed E-state index contributed by atoms with van der Waals surface area (Å²) >= 11 is 5.87. The molecule has 124 valence electrons. The van der Waals surface area contributed by atoms with Crippen LogP contribution in [-0.4, -0.2) is 17.4 Å². The molecule has 1 aromatic heterocycles. The predicted octanol–water partition coefficient (Wildman–Crippen LogP) is 4.50. The highest BCUT2D eigenvalue weighted by molar-refractivity contribution is 6.30. The molecular weight excluding hydrogens is 320 g/mol. The number of H-pyrrole nitrogens is 1. The van der Waals surface area contributed by atoms with Crippen molar-refractivity contribution in [2.24, 2.45) is 0 Å². The summed E-state index contributed by atoms with van der Waals surface area (Å²) in [6.07, 6.45) is 5.16. The number of hydrogen-bond donors (Lipinski definition) is 2. The van der Waals surface area contributed by atoms with Crippen LogP contribution in [0.2, 0.25) is 5.02 Å². The minimum absolute atomic E-state index is 0.115. The quantitative estimate of drug-likeness (QED) is 0.653. The van der Waals surface area contributed by atoms with Gasteiger partial charge < -0.3 is 10.3 Å². The maximum atomic E-state index is 11.9. The van der Waals surface area contributed by atoms with Crippen LogP contribution in [0.3, 0.4) is 0 Å². The van der Waals surface area contributed by atoms with Crippen LogP contribution in [0.15, 0.2) is 54.7 Å². The standard InChI is InChI=1S/C20H21ClN2O/c21-17-10-8-15(9-11-17)4-3-7-20(24)22-13-12-16-14-23-19-6-2-1-5-18(16)19/h1-2,5-6,8-11,14,23H,3-4,7,12-13H2,(H,22,24). The second-order valence-corrected chi connectivity index (χ2v) is 6.38. The van der Waals surface area contributed by atoms with Gasteiger partial charge in [-0.15, -0.1) is 0 Å². The van der Waals surface area contributed by atoms with Gasteiger partial charge in [0.2, 0.25) is 5.91 Å². The Hall–Kier alpha value is -2.26. The van der Waals surface area contributed by atoms with Crippen molar-refractivity contribution in [2.75, 3.05) is 6.54 Å². The number of halogens is 1. The molecule has 0 unspecified atom stereocenters. The number of aryl methyl sites for hydroxylation is 1.